The van der Waals surface area contributed by atoms with Gasteiger partial charge in [-0.3, -0.25) is 9.79 Å². The summed E-state index contributed by atoms with van der Waals surface area (Å²) in [5, 5.41) is 7.71. The number of primary sulfonamides is 1. The van der Waals surface area contributed by atoms with Crippen molar-refractivity contribution in [3.05, 3.63) is 70.7 Å². The Morgan fingerprint density at radius 1 is 1.00 bits per heavy atom. The molecule has 2 heterocycles. The first-order chi connectivity index (χ1) is 17.6. The van der Waals surface area contributed by atoms with E-state index < -0.39 is 33.8 Å². The Hall–Kier alpha value is -3.67. The molecule has 1 aromatic heterocycles. The standard InChI is InChI=1S/C26H25N3O6S2/c1-14-21(25(30)34-3)23(22(15(2)28-14)26(31)35-4)18-7-5-6-8-19(18)24-29-20(13-36-24)16-9-11-17(12-10-16)37(27,32)33/h5-13,21,23H,1-4H3,(H2,27,32,33). The van der Waals surface area contributed by atoms with Gasteiger partial charge in [0.25, 0.3) is 0 Å². The van der Waals surface area contributed by atoms with Crippen LogP contribution in [0.4, 0.5) is 0 Å². The van der Waals surface area contributed by atoms with Crippen LogP contribution in [0.2, 0.25) is 0 Å². The molecule has 0 saturated heterocycles. The van der Waals surface area contributed by atoms with Crippen LogP contribution in [0.3, 0.4) is 0 Å². The summed E-state index contributed by atoms with van der Waals surface area (Å²) in [6.07, 6.45) is 0. The normalized spacial score (nSPS) is 17.8. The molecule has 3 aromatic rings. The van der Waals surface area contributed by atoms with Gasteiger partial charge >= 0.3 is 11.9 Å². The summed E-state index contributed by atoms with van der Waals surface area (Å²) in [5.41, 5.74) is 4.09. The number of hydrogen-bond donors (Lipinski definition) is 1. The fourth-order valence-corrected chi connectivity index (χ4v) is 5.88. The van der Waals surface area contributed by atoms with Gasteiger partial charge in [-0.25, -0.2) is 23.3 Å². The fraction of sp³-hybridized carbons (Fsp3) is 0.231. The average Bonchev–Trinajstić information content (AvgIpc) is 3.37. The number of hydrogen-bond acceptors (Lipinski definition) is 9. The quantitative estimate of drug-likeness (QED) is 0.469. The summed E-state index contributed by atoms with van der Waals surface area (Å²) < 4.78 is 33.3. The van der Waals surface area contributed by atoms with E-state index in [2.05, 4.69) is 4.99 Å². The van der Waals surface area contributed by atoms with Crippen molar-refractivity contribution in [2.24, 2.45) is 16.0 Å². The molecule has 0 bridgehead atoms. The number of nitrogens with zero attached hydrogens (tertiary/aromatic N) is 2. The molecule has 1 aliphatic rings. The van der Waals surface area contributed by atoms with E-state index >= 15 is 0 Å². The van der Waals surface area contributed by atoms with Crippen molar-refractivity contribution in [1.29, 1.82) is 0 Å². The number of methoxy groups -OCH3 is 2. The van der Waals surface area contributed by atoms with Crippen LogP contribution in [-0.2, 0) is 29.1 Å². The SMILES string of the molecule is COC(=O)C1=C(C)N=C(C)C(C(=O)OC)C1c1ccccc1-c1nc(-c2ccc(S(N)(=O)=O)cc2)cs1. The fourth-order valence-electron chi connectivity index (χ4n) is 4.49. The highest BCUT2D eigenvalue weighted by molar-refractivity contribution is 7.89. The molecule has 0 radical (unpaired) electrons. The van der Waals surface area contributed by atoms with Gasteiger partial charge in [0.1, 0.15) is 10.9 Å². The number of ether oxygens (including phenoxy) is 2. The van der Waals surface area contributed by atoms with Gasteiger partial charge in [-0.15, -0.1) is 11.3 Å². The lowest BCUT2D eigenvalue weighted by Gasteiger charge is -2.32. The maximum absolute atomic E-state index is 12.9. The highest BCUT2D eigenvalue weighted by atomic mass is 32.2. The van der Waals surface area contributed by atoms with Gasteiger partial charge in [-0.2, -0.15) is 0 Å². The molecule has 0 amide bonds. The molecule has 2 atom stereocenters. The second-order valence-corrected chi connectivity index (χ2v) is 10.8. The minimum absolute atomic E-state index is 0.0118. The number of esters is 2. The monoisotopic (exact) mass is 539 g/mol. The van der Waals surface area contributed by atoms with E-state index in [4.69, 9.17) is 19.6 Å². The Morgan fingerprint density at radius 2 is 1.68 bits per heavy atom. The lowest BCUT2D eigenvalue weighted by molar-refractivity contribution is -0.143. The van der Waals surface area contributed by atoms with Gasteiger partial charge in [0, 0.05) is 33.8 Å². The molecular formula is C26H25N3O6S2. The Bertz CT molecular complexity index is 1540. The van der Waals surface area contributed by atoms with Crippen LogP contribution < -0.4 is 5.14 Å². The smallest absolute Gasteiger partial charge is 0.336 e. The van der Waals surface area contributed by atoms with Crippen LogP contribution in [0.5, 0.6) is 0 Å². The van der Waals surface area contributed by atoms with Crippen molar-refractivity contribution in [1.82, 2.24) is 4.98 Å². The molecule has 2 unspecified atom stereocenters. The van der Waals surface area contributed by atoms with Crippen LogP contribution in [0.15, 0.2) is 75.1 Å². The molecule has 2 N–H and O–H groups in total. The van der Waals surface area contributed by atoms with E-state index in [-0.39, 0.29) is 10.5 Å². The zero-order chi connectivity index (χ0) is 26.9. The Kier molecular flexibility index (Phi) is 7.39. The van der Waals surface area contributed by atoms with Crippen LogP contribution in [0, 0.1) is 5.92 Å². The maximum atomic E-state index is 12.9. The van der Waals surface area contributed by atoms with Gasteiger partial charge in [0.2, 0.25) is 10.0 Å². The summed E-state index contributed by atoms with van der Waals surface area (Å²) in [6.45, 7) is 3.45. The third kappa shape index (κ3) is 5.10. The number of rotatable bonds is 6. The van der Waals surface area contributed by atoms with Gasteiger partial charge in [0.15, 0.2) is 0 Å². The Labute approximate surface area is 218 Å². The van der Waals surface area contributed by atoms with Crippen LogP contribution in [-0.4, -0.2) is 45.3 Å². The van der Waals surface area contributed by atoms with Gasteiger partial charge in [-0.05, 0) is 31.5 Å². The molecule has 0 fully saturated rings. The van der Waals surface area contributed by atoms with Crippen LogP contribution in [0.1, 0.15) is 25.3 Å². The summed E-state index contributed by atoms with van der Waals surface area (Å²) in [6, 6.07) is 13.6. The summed E-state index contributed by atoms with van der Waals surface area (Å²) >= 11 is 1.39. The highest BCUT2D eigenvalue weighted by Gasteiger charge is 2.43. The third-order valence-corrected chi connectivity index (χ3v) is 8.00. The molecule has 0 saturated carbocycles. The van der Waals surface area contributed by atoms with E-state index in [1.165, 1.54) is 37.7 Å². The number of sulfonamides is 1. The lowest BCUT2D eigenvalue weighted by Crippen LogP contribution is -2.36. The van der Waals surface area contributed by atoms with E-state index in [1.54, 1.807) is 26.0 Å². The molecule has 9 nitrogen and oxygen atoms in total. The first-order valence-corrected chi connectivity index (χ1v) is 13.6. The van der Waals surface area contributed by atoms with E-state index in [0.29, 0.717) is 33.2 Å². The second-order valence-electron chi connectivity index (χ2n) is 8.42. The topological polar surface area (TPSA) is 138 Å². The zero-order valence-electron chi connectivity index (χ0n) is 20.6. The summed E-state index contributed by atoms with van der Waals surface area (Å²) in [5.74, 6) is -2.61. The average molecular weight is 540 g/mol. The highest BCUT2D eigenvalue weighted by Crippen LogP contribution is 2.44. The van der Waals surface area contributed by atoms with Crippen molar-refractivity contribution >= 4 is 39.0 Å². The van der Waals surface area contributed by atoms with Gasteiger partial charge < -0.3 is 9.47 Å². The Morgan fingerprint density at radius 3 is 2.30 bits per heavy atom. The van der Waals surface area contributed by atoms with Crippen molar-refractivity contribution in [3.8, 4) is 21.8 Å². The number of allylic oxidation sites excluding steroid dienone is 1. The van der Waals surface area contributed by atoms with Crippen molar-refractivity contribution in [3.63, 3.8) is 0 Å². The molecule has 1 aliphatic heterocycles. The van der Waals surface area contributed by atoms with Gasteiger partial charge in [0.05, 0.1) is 30.4 Å². The molecule has 11 heteroatoms. The van der Waals surface area contributed by atoms with Gasteiger partial charge in [-0.1, -0.05) is 36.4 Å². The summed E-state index contributed by atoms with van der Waals surface area (Å²) in [7, 11) is -1.21. The van der Waals surface area contributed by atoms with Crippen molar-refractivity contribution in [2.75, 3.05) is 14.2 Å². The Balaban J connectivity index is 1.83. The maximum Gasteiger partial charge on any atom is 0.336 e. The van der Waals surface area contributed by atoms with Crippen molar-refractivity contribution < 1.29 is 27.5 Å². The predicted molar refractivity (Wildman–Crippen MR) is 140 cm³/mol. The minimum Gasteiger partial charge on any atom is -0.468 e. The molecule has 192 valence electrons. The number of carbonyl (C=O) groups is 2. The van der Waals surface area contributed by atoms with Crippen LogP contribution >= 0.6 is 11.3 Å². The molecule has 2 aromatic carbocycles. The van der Waals surface area contributed by atoms with E-state index in [0.717, 1.165) is 5.56 Å². The van der Waals surface area contributed by atoms with E-state index in [9.17, 15) is 18.0 Å². The number of nitrogens with two attached hydrogens (primary N) is 1. The molecule has 37 heavy (non-hydrogen) atoms. The number of thiazole rings is 1. The number of benzene rings is 2. The van der Waals surface area contributed by atoms with Crippen LogP contribution in [0.25, 0.3) is 21.8 Å². The predicted octanol–water partition coefficient (Wildman–Crippen LogP) is 3.92. The summed E-state index contributed by atoms with van der Waals surface area (Å²) in [4.78, 5) is 35.1. The third-order valence-electron chi connectivity index (χ3n) is 6.20. The first-order valence-electron chi connectivity index (χ1n) is 11.2. The van der Waals surface area contributed by atoms with E-state index in [1.807, 2.05) is 29.6 Å². The largest absolute Gasteiger partial charge is 0.468 e. The number of aromatic nitrogens is 1. The first kappa shape index (κ1) is 26.4. The molecule has 0 spiro atoms. The number of aliphatic imine (C=N–C) groups is 1. The lowest BCUT2D eigenvalue weighted by atomic mass is 9.74. The second kappa shape index (κ2) is 10.4. The molecule has 0 aliphatic carbocycles. The van der Waals surface area contributed by atoms with Crippen molar-refractivity contribution in [2.45, 2.75) is 24.7 Å². The minimum atomic E-state index is -3.80. The number of carbonyl (C=O) groups excluding carboxylic acids is 2. The zero-order valence-corrected chi connectivity index (χ0v) is 22.2. The molecule has 4 rings (SSSR count). The molecular weight excluding hydrogens is 514 g/mol.